The van der Waals surface area contributed by atoms with Crippen LogP contribution in [0, 0.1) is 24.6 Å². The summed E-state index contributed by atoms with van der Waals surface area (Å²) in [5.74, 6) is 1.12. The molecule has 1 unspecified atom stereocenters. The molecule has 108 valence electrons. The first-order chi connectivity index (χ1) is 9.63. The Hall–Kier alpha value is -1.42. The van der Waals surface area contributed by atoms with Crippen molar-refractivity contribution < 1.29 is 9.18 Å². The van der Waals surface area contributed by atoms with Crippen molar-refractivity contribution in [2.45, 2.75) is 32.2 Å². The second kappa shape index (κ2) is 5.52. The number of rotatable bonds is 2. The average Bonchev–Trinajstić information content (AvgIpc) is 2.85. The lowest BCUT2D eigenvalue weighted by molar-refractivity contribution is 0.0913. The molecule has 3 atom stereocenters. The zero-order valence-corrected chi connectivity index (χ0v) is 11.8. The third-order valence-corrected chi connectivity index (χ3v) is 4.72. The van der Waals surface area contributed by atoms with E-state index >= 15 is 0 Å². The predicted octanol–water partition coefficient (Wildman–Crippen LogP) is 2.25. The van der Waals surface area contributed by atoms with E-state index in [1.165, 1.54) is 18.6 Å². The Morgan fingerprint density at radius 2 is 2.10 bits per heavy atom. The van der Waals surface area contributed by atoms with E-state index in [4.69, 9.17) is 0 Å². The molecule has 1 heterocycles. The van der Waals surface area contributed by atoms with Gasteiger partial charge in [0.15, 0.2) is 0 Å². The number of hydrogen-bond acceptors (Lipinski definition) is 2. The van der Waals surface area contributed by atoms with Crippen molar-refractivity contribution in [3.05, 3.63) is 35.1 Å². The van der Waals surface area contributed by atoms with Crippen molar-refractivity contribution in [1.82, 2.24) is 10.6 Å². The Bertz CT molecular complexity index is 517. The topological polar surface area (TPSA) is 41.1 Å². The number of halogens is 1. The average molecular weight is 276 g/mol. The molecule has 2 aliphatic rings. The molecule has 1 aliphatic heterocycles. The summed E-state index contributed by atoms with van der Waals surface area (Å²) in [5.41, 5.74) is 1.27. The van der Waals surface area contributed by atoms with Crippen LogP contribution in [0.2, 0.25) is 0 Å². The molecule has 20 heavy (non-hydrogen) atoms. The SMILES string of the molecule is Cc1cc(F)ccc1C(=O)NC1CC[C@H]2CNC[C@H]2C1. The number of fused-ring (bicyclic) bond motifs is 1. The first-order valence-corrected chi connectivity index (χ1v) is 7.41. The van der Waals surface area contributed by atoms with Gasteiger partial charge in [-0.1, -0.05) is 0 Å². The maximum atomic E-state index is 13.1. The molecule has 1 saturated carbocycles. The molecule has 1 saturated heterocycles. The third kappa shape index (κ3) is 2.70. The number of hydrogen-bond donors (Lipinski definition) is 2. The van der Waals surface area contributed by atoms with Crippen LogP contribution in [0.5, 0.6) is 0 Å². The molecule has 3 rings (SSSR count). The summed E-state index contributed by atoms with van der Waals surface area (Å²) in [5, 5.41) is 6.55. The molecule has 1 amide bonds. The maximum absolute atomic E-state index is 13.1. The minimum absolute atomic E-state index is 0.0723. The van der Waals surface area contributed by atoms with Gasteiger partial charge >= 0.3 is 0 Å². The van der Waals surface area contributed by atoms with Crippen LogP contribution < -0.4 is 10.6 Å². The molecule has 3 nitrogen and oxygen atoms in total. The van der Waals surface area contributed by atoms with E-state index < -0.39 is 0 Å². The number of nitrogens with one attached hydrogen (secondary N) is 2. The standard InChI is InChI=1S/C16H21FN2O/c1-10-6-13(17)3-5-15(10)16(20)19-14-4-2-11-8-18-9-12(11)7-14/h3,5-6,11-12,14,18H,2,4,7-9H2,1H3,(H,19,20)/t11-,12+,14?/m0/s1. The van der Waals surface area contributed by atoms with Gasteiger partial charge in [0.05, 0.1) is 0 Å². The quantitative estimate of drug-likeness (QED) is 0.870. The molecule has 1 aliphatic carbocycles. The number of benzene rings is 1. The van der Waals surface area contributed by atoms with E-state index in [-0.39, 0.29) is 17.8 Å². The van der Waals surface area contributed by atoms with Crippen LogP contribution in [-0.2, 0) is 0 Å². The van der Waals surface area contributed by atoms with Gasteiger partial charge in [-0.05, 0) is 74.9 Å². The molecule has 0 bridgehead atoms. The Labute approximate surface area is 118 Å². The summed E-state index contributed by atoms with van der Waals surface area (Å²) < 4.78 is 13.1. The first-order valence-electron chi connectivity index (χ1n) is 7.41. The van der Waals surface area contributed by atoms with Gasteiger partial charge in [-0.2, -0.15) is 0 Å². The van der Waals surface area contributed by atoms with Crippen molar-refractivity contribution >= 4 is 5.91 Å². The minimum Gasteiger partial charge on any atom is -0.349 e. The summed E-state index contributed by atoms with van der Waals surface area (Å²) in [4.78, 5) is 12.3. The molecule has 1 aromatic carbocycles. The lowest BCUT2D eigenvalue weighted by atomic mass is 9.79. The van der Waals surface area contributed by atoms with E-state index in [1.807, 2.05) is 0 Å². The zero-order valence-electron chi connectivity index (χ0n) is 11.8. The predicted molar refractivity (Wildman–Crippen MR) is 76.1 cm³/mol. The molecule has 2 N–H and O–H groups in total. The second-order valence-corrected chi connectivity index (χ2v) is 6.12. The number of carbonyl (C=O) groups is 1. The zero-order chi connectivity index (χ0) is 14.1. The van der Waals surface area contributed by atoms with Gasteiger partial charge in [-0.15, -0.1) is 0 Å². The summed E-state index contributed by atoms with van der Waals surface area (Å²) >= 11 is 0. The molecular formula is C16H21FN2O. The first kappa shape index (κ1) is 13.6. The van der Waals surface area contributed by atoms with Crippen molar-refractivity contribution in [2.75, 3.05) is 13.1 Å². The fourth-order valence-electron chi connectivity index (χ4n) is 3.58. The molecule has 0 aromatic heterocycles. The highest BCUT2D eigenvalue weighted by molar-refractivity contribution is 5.95. The van der Waals surface area contributed by atoms with Gasteiger partial charge in [0.25, 0.3) is 5.91 Å². The Balaban J connectivity index is 1.64. The van der Waals surface area contributed by atoms with Crippen molar-refractivity contribution in [1.29, 1.82) is 0 Å². The van der Waals surface area contributed by atoms with E-state index in [0.717, 1.165) is 31.8 Å². The van der Waals surface area contributed by atoms with Gasteiger partial charge in [0, 0.05) is 11.6 Å². The molecule has 0 radical (unpaired) electrons. The van der Waals surface area contributed by atoms with Crippen LogP contribution in [-0.4, -0.2) is 25.0 Å². The summed E-state index contributed by atoms with van der Waals surface area (Å²) in [6.07, 6.45) is 3.30. The normalized spacial score (nSPS) is 29.0. The fourth-order valence-corrected chi connectivity index (χ4v) is 3.58. The van der Waals surface area contributed by atoms with Gasteiger partial charge in [0.2, 0.25) is 0 Å². The van der Waals surface area contributed by atoms with E-state index in [2.05, 4.69) is 10.6 Å². The van der Waals surface area contributed by atoms with Crippen LogP contribution in [0.3, 0.4) is 0 Å². The highest BCUT2D eigenvalue weighted by Crippen LogP contribution is 2.32. The summed E-state index contributed by atoms with van der Waals surface area (Å²) in [6, 6.07) is 4.59. The second-order valence-electron chi connectivity index (χ2n) is 6.12. The molecule has 1 aromatic rings. The third-order valence-electron chi connectivity index (χ3n) is 4.72. The van der Waals surface area contributed by atoms with Crippen LogP contribution in [0.15, 0.2) is 18.2 Å². The van der Waals surface area contributed by atoms with Crippen LogP contribution >= 0.6 is 0 Å². The maximum Gasteiger partial charge on any atom is 0.251 e. The van der Waals surface area contributed by atoms with Gasteiger partial charge in [0.1, 0.15) is 5.82 Å². The summed E-state index contributed by atoms with van der Waals surface area (Å²) in [6.45, 7) is 3.98. The molecule has 2 fully saturated rings. The fraction of sp³-hybridized carbons (Fsp3) is 0.562. The van der Waals surface area contributed by atoms with Crippen LogP contribution in [0.1, 0.15) is 35.2 Å². The van der Waals surface area contributed by atoms with Crippen molar-refractivity contribution in [2.24, 2.45) is 11.8 Å². The van der Waals surface area contributed by atoms with Crippen LogP contribution in [0.25, 0.3) is 0 Å². The number of carbonyl (C=O) groups excluding carboxylic acids is 1. The van der Waals surface area contributed by atoms with Crippen molar-refractivity contribution in [3.63, 3.8) is 0 Å². The Morgan fingerprint density at radius 3 is 2.90 bits per heavy atom. The smallest absolute Gasteiger partial charge is 0.251 e. The monoisotopic (exact) mass is 276 g/mol. The number of aryl methyl sites for hydroxylation is 1. The highest BCUT2D eigenvalue weighted by Gasteiger charge is 2.34. The lowest BCUT2D eigenvalue weighted by Gasteiger charge is -2.31. The number of amides is 1. The highest BCUT2D eigenvalue weighted by atomic mass is 19.1. The van der Waals surface area contributed by atoms with Crippen LogP contribution in [0.4, 0.5) is 4.39 Å². The Morgan fingerprint density at radius 1 is 1.30 bits per heavy atom. The van der Waals surface area contributed by atoms with Crippen molar-refractivity contribution in [3.8, 4) is 0 Å². The largest absolute Gasteiger partial charge is 0.349 e. The van der Waals surface area contributed by atoms with Gasteiger partial charge in [-0.3, -0.25) is 4.79 Å². The Kier molecular flexibility index (Phi) is 3.74. The van der Waals surface area contributed by atoms with E-state index in [0.29, 0.717) is 17.0 Å². The molecular weight excluding hydrogens is 255 g/mol. The summed E-state index contributed by atoms with van der Waals surface area (Å²) in [7, 11) is 0. The van der Waals surface area contributed by atoms with Gasteiger partial charge in [-0.25, -0.2) is 4.39 Å². The minimum atomic E-state index is -0.295. The molecule has 4 heteroatoms. The van der Waals surface area contributed by atoms with E-state index in [9.17, 15) is 9.18 Å². The lowest BCUT2D eigenvalue weighted by Crippen LogP contribution is -2.40. The molecule has 0 spiro atoms. The van der Waals surface area contributed by atoms with E-state index in [1.54, 1.807) is 13.0 Å². The van der Waals surface area contributed by atoms with Gasteiger partial charge < -0.3 is 10.6 Å².